The van der Waals surface area contributed by atoms with Crippen molar-refractivity contribution >= 4 is 17.4 Å². The first-order valence-electron chi connectivity index (χ1n) is 10.5. The lowest BCUT2D eigenvalue weighted by molar-refractivity contribution is 0.102. The number of nitrogens with zero attached hydrogens (tertiary/aromatic N) is 5. The van der Waals surface area contributed by atoms with Crippen LogP contribution in [-0.2, 0) is 11.3 Å². The fourth-order valence-corrected chi connectivity index (χ4v) is 3.84. The quantitative estimate of drug-likeness (QED) is 0.647. The summed E-state index contributed by atoms with van der Waals surface area (Å²) in [5.41, 5.74) is 2.15. The molecule has 1 aromatic carbocycles. The number of carbonyl (C=O) groups is 1. The molecule has 2 aliphatic heterocycles. The van der Waals surface area contributed by atoms with Crippen LogP contribution in [0.1, 0.15) is 23.2 Å². The lowest BCUT2D eigenvalue weighted by Crippen LogP contribution is -2.36. The molecule has 0 unspecified atom stereocenters. The van der Waals surface area contributed by atoms with Crippen molar-refractivity contribution in [2.45, 2.75) is 19.4 Å². The van der Waals surface area contributed by atoms with E-state index in [1.165, 1.54) is 0 Å². The number of aryl methyl sites for hydroxylation is 1. The van der Waals surface area contributed by atoms with Crippen LogP contribution in [-0.4, -0.2) is 58.6 Å². The number of fused-ring (bicyclic) bond motifs is 5. The van der Waals surface area contributed by atoms with E-state index in [-0.39, 0.29) is 5.91 Å². The second-order valence-electron chi connectivity index (χ2n) is 7.55. The van der Waals surface area contributed by atoms with Gasteiger partial charge < -0.3 is 24.3 Å². The predicted molar refractivity (Wildman–Crippen MR) is 115 cm³/mol. The van der Waals surface area contributed by atoms with Crippen LogP contribution in [0.4, 0.5) is 11.5 Å². The molecule has 31 heavy (non-hydrogen) atoms. The van der Waals surface area contributed by atoms with Crippen LogP contribution in [0.25, 0.3) is 11.5 Å². The molecule has 160 valence electrons. The highest BCUT2D eigenvalue weighted by Crippen LogP contribution is 2.28. The molecule has 2 aromatic heterocycles. The number of anilines is 2. The molecular weight excluding hydrogens is 396 g/mol. The van der Waals surface area contributed by atoms with Gasteiger partial charge in [0.25, 0.3) is 5.91 Å². The Labute approximate surface area is 180 Å². The van der Waals surface area contributed by atoms with E-state index in [0.717, 1.165) is 38.2 Å². The number of pyridine rings is 1. The largest absolute Gasteiger partial charge is 0.493 e. The van der Waals surface area contributed by atoms with Gasteiger partial charge in [0.05, 0.1) is 25.4 Å². The first-order chi connectivity index (χ1) is 15.3. The van der Waals surface area contributed by atoms with Crippen molar-refractivity contribution in [1.29, 1.82) is 0 Å². The van der Waals surface area contributed by atoms with E-state index < -0.39 is 0 Å². The van der Waals surface area contributed by atoms with Crippen molar-refractivity contribution in [1.82, 2.24) is 19.7 Å². The standard InChI is InChI=1S/C22H24N6O3/c29-22-17-14-16(27-9-12-30-13-10-27)6-7-19(17)31-11-2-1-8-28-15-23-26-21(28)18-4-3-5-20(24-18)25-22/h3-7,14-15H,1-2,8-13H2,(H,24,25,29). The smallest absolute Gasteiger partial charge is 0.260 e. The van der Waals surface area contributed by atoms with Gasteiger partial charge in [-0.2, -0.15) is 0 Å². The summed E-state index contributed by atoms with van der Waals surface area (Å²) >= 11 is 0. The maximum Gasteiger partial charge on any atom is 0.260 e. The maximum absolute atomic E-state index is 13.2. The third kappa shape index (κ3) is 4.22. The number of carbonyl (C=O) groups excluding carboxylic acids is 1. The van der Waals surface area contributed by atoms with Gasteiger partial charge in [-0.15, -0.1) is 10.2 Å². The van der Waals surface area contributed by atoms with Crippen molar-refractivity contribution in [3.05, 3.63) is 48.3 Å². The molecule has 9 nitrogen and oxygen atoms in total. The van der Waals surface area contributed by atoms with Crippen molar-refractivity contribution in [2.24, 2.45) is 0 Å². The normalized spacial score (nSPS) is 17.0. The van der Waals surface area contributed by atoms with Gasteiger partial charge in [-0.05, 0) is 43.2 Å². The molecular formula is C22H24N6O3. The molecule has 5 rings (SSSR count). The van der Waals surface area contributed by atoms with E-state index in [1.807, 2.05) is 34.9 Å². The Morgan fingerprint density at radius 2 is 1.90 bits per heavy atom. The number of amides is 1. The zero-order chi connectivity index (χ0) is 21.0. The van der Waals surface area contributed by atoms with Crippen LogP contribution in [0, 0.1) is 0 Å². The number of hydrogen-bond donors (Lipinski definition) is 1. The van der Waals surface area contributed by atoms with E-state index >= 15 is 0 Å². The Kier molecular flexibility index (Phi) is 5.49. The van der Waals surface area contributed by atoms with Gasteiger partial charge in [0.1, 0.15) is 23.6 Å². The molecule has 2 aliphatic rings. The van der Waals surface area contributed by atoms with Crippen LogP contribution in [0.15, 0.2) is 42.7 Å². The summed E-state index contributed by atoms with van der Waals surface area (Å²) in [5.74, 6) is 1.46. The first-order valence-corrected chi connectivity index (χ1v) is 10.5. The molecule has 1 fully saturated rings. The summed E-state index contributed by atoms with van der Waals surface area (Å²) in [5, 5.41) is 11.2. The molecule has 1 N–H and O–H groups in total. The van der Waals surface area contributed by atoms with Gasteiger partial charge >= 0.3 is 0 Å². The number of hydrogen-bond acceptors (Lipinski definition) is 7. The minimum absolute atomic E-state index is 0.256. The average Bonchev–Trinajstić information content (AvgIpc) is 3.28. The molecule has 0 atom stereocenters. The van der Waals surface area contributed by atoms with Crippen LogP contribution >= 0.6 is 0 Å². The Balaban J connectivity index is 1.49. The van der Waals surface area contributed by atoms with E-state index in [2.05, 4.69) is 25.4 Å². The van der Waals surface area contributed by atoms with E-state index in [4.69, 9.17) is 9.47 Å². The number of aromatic nitrogens is 4. The molecule has 0 spiro atoms. The molecule has 0 radical (unpaired) electrons. The van der Waals surface area contributed by atoms with Crippen molar-refractivity contribution < 1.29 is 14.3 Å². The second kappa shape index (κ2) is 8.73. The molecule has 2 bridgehead atoms. The predicted octanol–water partition coefficient (Wildman–Crippen LogP) is 2.60. The lowest BCUT2D eigenvalue weighted by Gasteiger charge is -2.29. The van der Waals surface area contributed by atoms with Gasteiger partial charge in [0, 0.05) is 25.3 Å². The first kappa shape index (κ1) is 19.5. The highest BCUT2D eigenvalue weighted by Gasteiger charge is 2.19. The number of ether oxygens (including phenoxy) is 2. The molecule has 3 aromatic rings. The average molecular weight is 420 g/mol. The van der Waals surface area contributed by atoms with Crippen LogP contribution in [0.3, 0.4) is 0 Å². The SMILES string of the molecule is O=C1Nc2cccc(n2)-c2nncn2CCCCOc2ccc(N3CCOCC3)cc21. The van der Waals surface area contributed by atoms with Gasteiger partial charge in [-0.3, -0.25) is 4.79 Å². The summed E-state index contributed by atoms with van der Waals surface area (Å²) in [6.45, 7) is 4.25. The third-order valence-electron chi connectivity index (χ3n) is 5.47. The highest BCUT2D eigenvalue weighted by molar-refractivity contribution is 6.06. The number of benzene rings is 1. The zero-order valence-corrected chi connectivity index (χ0v) is 17.2. The number of nitrogens with one attached hydrogen (secondary N) is 1. The highest BCUT2D eigenvalue weighted by atomic mass is 16.5. The van der Waals surface area contributed by atoms with Gasteiger partial charge in [0.15, 0.2) is 5.82 Å². The van der Waals surface area contributed by atoms with Crippen LogP contribution in [0.2, 0.25) is 0 Å². The van der Waals surface area contributed by atoms with Crippen molar-refractivity contribution in [2.75, 3.05) is 43.1 Å². The minimum Gasteiger partial charge on any atom is -0.493 e. The molecule has 9 heteroatoms. The Morgan fingerprint density at radius 3 is 2.81 bits per heavy atom. The lowest BCUT2D eigenvalue weighted by atomic mass is 10.1. The van der Waals surface area contributed by atoms with Crippen molar-refractivity contribution in [3.63, 3.8) is 0 Å². The van der Waals surface area contributed by atoms with Gasteiger partial charge in [0.2, 0.25) is 0 Å². The summed E-state index contributed by atoms with van der Waals surface area (Å²) in [7, 11) is 0. The number of rotatable bonds is 1. The Hall–Kier alpha value is -3.46. The minimum atomic E-state index is -0.256. The van der Waals surface area contributed by atoms with Gasteiger partial charge in [-0.1, -0.05) is 6.07 Å². The number of morpholine rings is 1. The van der Waals surface area contributed by atoms with E-state index in [1.54, 1.807) is 12.4 Å². The Morgan fingerprint density at radius 1 is 1.00 bits per heavy atom. The Bertz CT molecular complexity index is 1080. The molecule has 0 aliphatic carbocycles. The summed E-state index contributed by atoms with van der Waals surface area (Å²) in [6.07, 6.45) is 3.45. The molecule has 0 saturated carbocycles. The molecule has 4 heterocycles. The van der Waals surface area contributed by atoms with Crippen LogP contribution < -0.4 is 15.0 Å². The summed E-state index contributed by atoms with van der Waals surface area (Å²) in [6, 6.07) is 11.3. The van der Waals surface area contributed by atoms with Gasteiger partial charge in [-0.25, -0.2) is 4.98 Å². The third-order valence-corrected chi connectivity index (χ3v) is 5.47. The van der Waals surface area contributed by atoms with E-state index in [9.17, 15) is 4.79 Å². The monoisotopic (exact) mass is 420 g/mol. The fraction of sp³-hybridized carbons (Fsp3) is 0.364. The van der Waals surface area contributed by atoms with Crippen LogP contribution in [0.5, 0.6) is 5.75 Å². The fourth-order valence-electron chi connectivity index (χ4n) is 3.84. The second-order valence-corrected chi connectivity index (χ2v) is 7.55. The zero-order valence-electron chi connectivity index (χ0n) is 17.2. The van der Waals surface area contributed by atoms with E-state index in [0.29, 0.717) is 48.5 Å². The summed E-state index contributed by atoms with van der Waals surface area (Å²) < 4.78 is 13.4. The topological polar surface area (TPSA) is 94.4 Å². The molecule has 1 amide bonds. The maximum atomic E-state index is 13.2. The summed E-state index contributed by atoms with van der Waals surface area (Å²) in [4.78, 5) is 20.0. The molecule has 1 saturated heterocycles. The van der Waals surface area contributed by atoms with Crippen molar-refractivity contribution in [3.8, 4) is 17.3 Å².